The summed E-state index contributed by atoms with van der Waals surface area (Å²) >= 11 is 0. The van der Waals surface area contributed by atoms with Gasteiger partial charge in [0.1, 0.15) is 11.2 Å². The largest absolute Gasteiger partial charge is 0.456 e. The van der Waals surface area contributed by atoms with Crippen molar-refractivity contribution < 1.29 is 4.42 Å². The minimum absolute atomic E-state index is 0.102. The van der Waals surface area contributed by atoms with E-state index in [1.54, 1.807) is 0 Å². The van der Waals surface area contributed by atoms with E-state index < -0.39 is 0 Å². The Morgan fingerprint density at radius 3 is 1.64 bits per heavy atom. The first-order chi connectivity index (χ1) is 27.5. The van der Waals surface area contributed by atoms with E-state index in [0.717, 1.165) is 11.2 Å². The van der Waals surface area contributed by atoms with E-state index in [1.165, 1.54) is 109 Å². The highest BCUT2D eigenvalue weighted by Crippen LogP contribution is 2.52. The van der Waals surface area contributed by atoms with Gasteiger partial charge in [-0.05, 0) is 135 Å². The summed E-state index contributed by atoms with van der Waals surface area (Å²) in [5, 5.41) is 12.4. The highest BCUT2D eigenvalue weighted by molar-refractivity contribution is 6.23. The van der Waals surface area contributed by atoms with E-state index >= 15 is 0 Å². The predicted octanol–water partition coefficient (Wildman–Crippen LogP) is 15.5. The van der Waals surface area contributed by atoms with Crippen molar-refractivity contribution in [3.63, 3.8) is 0 Å². The van der Waals surface area contributed by atoms with Gasteiger partial charge in [-0.25, -0.2) is 0 Å². The van der Waals surface area contributed by atoms with Crippen LogP contribution in [0.3, 0.4) is 0 Å². The number of hydrogen-bond acceptors (Lipinski definition) is 1. The average Bonchev–Trinajstić information content (AvgIpc) is 3.71. The minimum atomic E-state index is -0.102. The molecule has 0 radical (unpaired) electrons. The Balaban J connectivity index is 0.984. The first-order valence-electron chi connectivity index (χ1n) is 19.6. The van der Waals surface area contributed by atoms with Crippen LogP contribution >= 0.6 is 0 Å². The van der Waals surface area contributed by atoms with Gasteiger partial charge in [-0.15, -0.1) is 0 Å². The first kappa shape index (κ1) is 31.4. The van der Waals surface area contributed by atoms with Crippen LogP contribution in [0.25, 0.3) is 110 Å². The molecule has 0 fully saturated rings. The lowest BCUT2D eigenvalue weighted by Crippen LogP contribution is -2.14. The van der Waals surface area contributed by atoms with Gasteiger partial charge >= 0.3 is 0 Å². The summed E-state index contributed by atoms with van der Waals surface area (Å²) in [6, 6.07) is 67.3. The van der Waals surface area contributed by atoms with Crippen LogP contribution in [0.4, 0.5) is 0 Å². The Labute approximate surface area is 325 Å². The Kier molecular flexibility index (Phi) is 6.46. The van der Waals surface area contributed by atoms with Gasteiger partial charge in [0.25, 0.3) is 0 Å². The van der Waals surface area contributed by atoms with Gasteiger partial charge in [-0.1, -0.05) is 159 Å². The highest BCUT2D eigenvalue weighted by Gasteiger charge is 2.36. The molecule has 0 aliphatic heterocycles. The fraction of sp³-hybridized carbons (Fsp3) is 0.0545. The number of furan rings is 1. The maximum absolute atomic E-state index is 6.30. The van der Waals surface area contributed by atoms with E-state index in [4.69, 9.17) is 4.42 Å². The zero-order valence-electron chi connectivity index (χ0n) is 31.2. The smallest absolute Gasteiger partial charge is 0.136 e. The molecule has 0 saturated carbocycles. The molecular formula is C55H36O. The van der Waals surface area contributed by atoms with E-state index in [0.29, 0.717) is 0 Å². The maximum atomic E-state index is 6.30. The lowest BCUT2D eigenvalue weighted by molar-refractivity contribution is 0.661. The third-order valence-electron chi connectivity index (χ3n) is 12.6. The molecule has 0 unspecified atom stereocenters. The minimum Gasteiger partial charge on any atom is -0.456 e. The zero-order chi connectivity index (χ0) is 37.1. The first-order valence-corrected chi connectivity index (χ1v) is 19.6. The van der Waals surface area contributed by atoms with Crippen LogP contribution in [-0.4, -0.2) is 0 Å². The lowest BCUT2D eigenvalue weighted by Gasteiger charge is -2.22. The molecule has 1 nitrogen and oxygen atoms in total. The van der Waals surface area contributed by atoms with Gasteiger partial charge in [0.05, 0.1) is 0 Å². The van der Waals surface area contributed by atoms with Crippen LogP contribution < -0.4 is 0 Å². The van der Waals surface area contributed by atoms with Crippen molar-refractivity contribution in [1.82, 2.24) is 0 Å². The number of para-hydroxylation sites is 1. The molecule has 0 saturated heterocycles. The molecule has 262 valence electrons. The van der Waals surface area contributed by atoms with E-state index in [9.17, 15) is 0 Å². The molecule has 56 heavy (non-hydrogen) atoms. The molecule has 0 bridgehead atoms. The summed E-state index contributed by atoms with van der Waals surface area (Å²) < 4.78 is 6.30. The van der Waals surface area contributed by atoms with Crippen LogP contribution in [0.5, 0.6) is 0 Å². The van der Waals surface area contributed by atoms with Crippen molar-refractivity contribution in [3.8, 4) is 44.5 Å². The summed E-state index contributed by atoms with van der Waals surface area (Å²) in [6.45, 7) is 4.73. The molecule has 11 aromatic rings. The van der Waals surface area contributed by atoms with Gasteiger partial charge in [-0.3, -0.25) is 0 Å². The van der Waals surface area contributed by atoms with Crippen LogP contribution in [0, 0.1) is 0 Å². The third-order valence-corrected chi connectivity index (χ3v) is 12.6. The van der Waals surface area contributed by atoms with E-state index in [1.807, 2.05) is 6.07 Å². The molecule has 10 aromatic carbocycles. The normalized spacial score (nSPS) is 13.3. The summed E-state index contributed by atoms with van der Waals surface area (Å²) in [7, 11) is 0. The second kappa shape index (κ2) is 11.5. The number of rotatable bonds is 3. The topological polar surface area (TPSA) is 13.1 Å². The standard InChI is InChI=1S/C55H36O/c1-55(2)49-27-26-36(28-46(49)47-29-38-32-52-48(30-37(38)31-50(47)55)40-15-9-10-21-51(40)56-52)33-22-24-35(25-23-33)53-42-16-5-7-18-44(42)54(45-19-8-6-17-43(45)53)41-20-11-13-34-12-3-4-14-39(34)41/h3-32H,1-2H3. The molecule has 0 N–H and O–H groups in total. The predicted molar refractivity (Wildman–Crippen MR) is 238 cm³/mol. The molecular weight excluding hydrogens is 677 g/mol. The molecule has 1 aliphatic carbocycles. The number of hydrogen-bond donors (Lipinski definition) is 0. The summed E-state index contributed by atoms with van der Waals surface area (Å²) in [6.07, 6.45) is 0. The van der Waals surface area contributed by atoms with Crippen LogP contribution in [0.1, 0.15) is 25.0 Å². The fourth-order valence-corrected chi connectivity index (χ4v) is 9.90. The summed E-state index contributed by atoms with van der Waals surface area (Å²) in [5.41, 5.74) is 14.7. The van der Waals surface area contributed by atoms with Gasteiger partial charge in [0, 0.05) is 16.2 Å². The molecule has 1 heterocycles. The van der Waals surface area contributed by atoms with Crippen molar-refractivity contribution in [2.75, 3.05) is 0 Å². The number of benzene rings is 10. The number of fused-ring (bicyclic) bond motifs is 10. The van der Waals surface area contributed by atoms with Crippen LogP contribution in [0.2, 0.25) is 0 Å². The Morgan fingerprint density at radius 2 is 0.893 bits per heavy atom. The quantitative estimate of drug-likeness (QED) is 0.166. The van der Waals surface area contributed by atoms with Crippen molar-refractivity contribution in [2.24, 2.45) is 0 Å². The van der Waals surface area contributed by atoms with Crippen LogP contribution in [0.15, 0.2) is 186 Å². The molecule has 1 aliphatic rings. The van der Waals surface area contributed by atoms with Crippen molar-refractivity contribution in [2.45, 2.75) is 19.3 Å². The van der Waals surface area contributed by atoms with Gasteiger partial charge in [-0.2, -0.15) is 0 Å². The summed E-state index contributed by atoms with van der Waals surface area (Å²) in [5.74, 6) is 0. The molecule has 0 amide bonds. The van der Waals surface area contributed by atoms with E-state index in [-0.39, 0.29) is 5.41 Å². The second-order valence-corrected chi connectivity index (χ2v) is 16.0. The molecule has 1 aromatic heterocycles. The fourth-order valence-electron chi connectivity index (χ4n) is 9.90. The zero-order valence-corrected chi connectivity index (χ0v) is 31.2. The average molecular weight is 713 g/mol. The third kappa shape index (κ3) is 4.43. The van der Waals surface area contributed by atoms with Gasteiger partial charge in [0.2, 0.25) is 0 Å². The monoisotopic (exact) mass is 712 g/mol. The van der Waals surface area contributed by atoms with Crippen molar-refractivity contribution >= 4 is 65.0 Å². The van der Waals surface area contributed by atoms with Crippen molar-refractivity contribution in [1.29, 1.82) is 0 Å². The Hall–Kier alpha value is -6.96. The Bertz CT molecular complexity index is 3370. The Morgan fingerprint density at radius 1 is 0.321 bits per heavy atom. The molecule has 1 heteroatoms. The van der Waals surface area contributed by atoms with Gasteiger partial charge in [0.15, 0.2) is 0 Å². The maximum Gasteiger partial charge on any atom is 0.136 e. The van der Waals surface area contributed by atoms with E-state index in [2.05, 4.69) is 190 Å². The van der Waals surface area contributed by atoms with Gasteiger partial charge < -0.3 is 4.42 Å². The summed E-state index contributed by atoms with van der Waals surface area (Å²) in [4.78, 5) is 0. The van der Waals surface area contributed by atoms with Crippen LogP contribution in [-0.2, 0) is 5.41 Å². The molecule has 0 atom stereocenters. The van der Waals surface area contributed by atoms with Crippen molar-refractivity contribution in [3.05, 3.63) is 193 Å². The molecule has 12 rings (SSSR count). The highest BCUT2D eigenvalue weighted by atomic mass is 16.3. The molecule has 0 spiro atoms. The second-order valence-electron chi connectivity index (χ2n) is 16.0. The SMILES string of the molecule is CC1(C)c2ccc(-c3ccc(-c4c5ccccc5c(-c5cccc6ccccc56)c5ccccc45)cc3)cc2-c2cc3cc4oc5ccccc5c4cc3cc21. The lowest BCUT2D eigenvalue weighted by atomic mass is 9.81.